The molecule has 1 aliphatic carbocycles. The van der Waals surface area contributed by atoms with Gasteiger partial charge < -0.3 is 4.74 Å². The molecule has 0 saturated carbocycles. The number of para-hydroxylation sites is 1. The van der Waals surface area contributed by atoms with E-state index in [-0.39, 0.29) is 0 Å². The number of ether oxygens (including phenoxy) is 1. The number of benzene rings is 1. The average Bonchev–Trinajstić information content (AvgIpc) is 2.62. The Bertz CT molecular complexity index is 812. The molecule has 28 heavy (non-hydrogen) atoms. The van der Waals surface area contributed by atoms with Gasteiger partial charge in [0.15, 0.2) is 0 Å². The first-order valence-electron chi connectivity index (χ1n) is 10.4. The van der Waals surface area contributed by atoms with Crippen molar-refractivity contribution < 1.29 is 4.74 Å². The zero-order valence-corrected chi connectivity index (χ0v) is 18.5. The fourth-order valence-electron chi connectivity index (χ4n) is 3.68. The normalized spacial score (nSPS) is 18.4. The summed E-state index contributed by atoms with van der Waals surface area (Å²) in [6.07, 6.45) is 16.9. The minimum Gasteiger partial charge on any atom is -0.489 e. The molecule has 1 aromatic rings. The lowest BCUT2D eigenvalue weighted by molar-refractivity contribution is 0.359. The van der Waals surface area contributed by atoms with Crippen LogP contribution >= 0.6 is 0 Å². The molecule has 0 aromatic heterocycles. The van der Waals surface area contributed by atoms with Gasteiger partial charge in [-0.3, -0.25) is 0 Å². The fraction of sp³-hybridized carbons (Fsp3) is 0.407. The smallest absolute Gasteiger partial charge is 0.122 e. The Morgan fingerprint density at radius 2 is 1.82 bits per heavy atom. The highest BCUT2D eigenvalue weighted by Crippen LogP contribution is 2.40. The molecule has 0 aliphatic heterocycles. The maximum absolute atomic E-state index is 5.83. The van der Waals surface area contributed by atoms with Crippen molar-refractivity contribution >= 4 is 0 Å². The lowest BCUT2D eigenvalue weighted by atomic mass is 9.72. The Morgan fingerprint density at radius 1 is 1.07 bits per heavy atom. The molecule has 0 fully saturated rings. The standard InChI is InChI=1S/C27H36O/c1-21(16-17-25-23(3)14-10-19-27(25,5)6)11-9-12-22(2)18-20-28-26-15-8-7-13-24(26)4/h7-9,11-13,15-18H,10,14,19-20H2,1-6H3. The number of rotatable bonds is 7. The summed E-state index contributed by atoms with van der Waals surface area (Å²) in [5.41, 5.74) is 6.99. The largest absolute Gasteiger partial charge is 0.489 e. The van der Waals surface area contributed by atoms with Gasteiger partial charge in [-0.15, -0.1) is 0 Å². The molecule has 0 saturated heterocycles. The van der Waals surface area contributed by atoms with Crippen LogP contribution in [-0.2, 0) is 0 Å². The van der Waals surface area contributed by atoms with Gasteiger partial charge in [0.1, 0.15) is 12.4 Å². The minimum absolute atomic E-state index is 0.297. The summed E-state index contributed by atoms with van der Waals surface area (Å²) in [5.74, 6) is 0.951. The average molecular weight is 377 g/mol. The van der Waals surface area contributed by atoms with Gasteiger partial charge in [0, 0.05) is 0 Å². The third kappa shape index (κ3) is 6.71. The van der Waals surface area contributed by atoms with Gasteiger partial charge in [-0.25, -0.2) is 0 Å². The number of allylic oxidation sites excluding steroid dienone is 9. The van der Waals surface area contributed by atoms with Crippen molar-refractivity contribution in [3.63, 3.8) is 0 Å². The third-order valence-electron chi connectivity index (χ3n) is 5.51. The van der Waals surface area contributed by atoms with Crippen LogP contribution in [0.5, 0.6) is 5.75 Å². The maximum Gasteiger partial charge on any atom is 0.122 e. The van der Waals surface area contributed by atoms with E-state index in [1.165, 1.54) is 41.5 Å². The number of hydrogen-bond donors (Lipinski definition) is 0. The van der Waals surface area contributed by atoms with Gasteiger partial charge in [0.25, 0.3) is 0 Å². The highest BCUT2D eigenvalue weighted by molar-refractivity contribution is 5.37. The van der Waals surface area contributed by atoms with Crippen molar-refractivity contribution in [2.24, 2.45) is 5.41 Å². The van der Waals surface area contributed by atoms with Crippen molar-refractivity contribution in [1.29, 1.82) is 0 Å². The van der Waals surface area contributed by atoms with Gasteiger partial charge in [-0.2, -0.15) is 0 Å². The molecule has 0 N–H and O–H groups in total. The van der Waals surface area contributed by atoms with E-state index in [2.05, 4.69) is 84.1 Å². The molecule has 1 heteroatoms. The Labute approximate surface area is 172 Å². The minimum atomic E-state index is 0.297. The van der Waals surface area contributed by atoms with Crippen LogP contribution in [0.3, 0.4) is 0 Å². The number of hydrogen-bond acceptors (Lipinski definition) is 1. The first-order valence-corrected chi connectivity index (χ1v) is 10.4. The van der Waals surface area contributed by atoms with Crippen LogP contribution in [0.25, 0.3) is 0 Å². The van der Waals surface area contributed by atoms with Crippen LogP contribution in [0.15, 0.2) is 83.0 Å². The van der Waals surface area contributed by atoms with Crippen LogP contribution in [0, 0.1) is 12.3 Å². The van der Waals surface area contributed by atoms with Crippen molar-refractivity contribution in [2.75, 3.05) is 6.61 Å². The molecule has 1 nitrogen and oxygen atoms in total. The Balaban J connectivity index is 1.91. The van der Waals surface area contributed by atoms with Crippen LogP contribution < -0.4 is 4.74 Å². The molecule has 150 valence electrons. The molecule has 0 bridgehead atoms. The molecule has 1 aliphatic rings. The molecule has 0 heterocycles. The number of aryl methyl sites for hydroxylation is 1. The molecular weight excluding hydrogens is 340 g/mol. The molecular formula is C27H36O. The summed E-state index contributed by atoms with van der Waals surface area (Å²) in [6.45, 7) is 13.9. The van der Waals surface area contributed by atoms with Gasteiger partial charge in [0.2, 0.25) is 0 Å². The van der Waals surface area contributed by atoms with E-state index in [0.29, 0.717) is 12.0 Å². The summed E-state index contributed by atoms with van der Waals surface area (Å²) < 4.78 is 5.83. The topological polar surface area (TPSA) is 9.23 Å². The first kappa shape index (κ1) is 22.0. The third-order valence-corrected chi connectivity index (χ3v) is 5.51. The highest BCUT2D eigenvalue weighted by Gasteiger charge is 2.26. The van der Waals surface area contributed by atoms with Crippen LogP contribution in [-0.4, -0.2) is 6.61 Å². The second kappa shape index (κ2) is 10.3. The molecule has 0 atom stereocenters. The van der Waals surface area contributed by atoms with E-state index in [1.807, 2.05) is 18.2 Å². The van der Waals surface area contributed by atoms with Gasteiger partial charge in [0.05, 0.1) is 0 Å². The van der Waals surface area contributed by atoms with Crippen molar-refractivity contribution in [1.82, 2.24) is 0 Å². The maximum atomic E-state index is 5.83. The summed E-state index contributed by atoms with van der Waals surface area (Å²) >= 11 is 0. The second-order valence-electron chi connectivity index (χ2n) is 8.56. The summed E-state index contributed by atoms with van der Waals surface area (Å²) in [5, 5.41) is 0. The van der Waals surface area contributed by atoms with E-state index < -0.39 is 0 Å². The SMILES string of the molecule is CC(C=CC1=C(C)CCCC1(C)C)=CC=CC(C)=CCOc1ccccc1C. The quantitative estimate of drug-likeness (QED) is 0.439. The van der Waals surface area contributed by atoms with Crippen molar-refractivity contribution in [3.05, 3.63) is 88.6 Å². The van der Waals surface area contributed by atoms with Gasteiger partial charge >= 0.3 is 0 Å². The van der Waals surface area contributed by atoms with Crippen molar-refractivity contribution in [3.8, 4) is 5.75 Å². The zero-order chi connectivity index (χ0) is 20.6. The van der Waals surface area contributed by atoms with E-state index in [4.69, 9.17) is 4.74 Å². The zero-order valence-electron chi connectivity index (χ0n) is 18.5. The van der Waals surface area contributed by atoms with Crippen LogP contribution in [0.4, 0.5) is 0 Å². The first-order chi connectivity index (χ1) is 13.3. The molecule has 2 rings (SSSR count). The highest BCUT2D eigenvalue weighted by atomic mass is 16.5. The predicted molar refractivity (Wildman–Crippen MR) is 123 cm³/mol. The molecule has 0 radical (unpaired) electrons. The summed E-state index contributed by atoms with van der Waals surface area (Å²) in [6, 6.07) is 8.12. The van der Waals surface area contributed by atoms with E-state index in [1.54, 1.807) is 5.57 Å². The molecule has 0 amide bonds. The summed E-state index contributed by atoms with van der Waals surface area (Å²) in [4.78, 5) is 0. The van der Waals surface area contributed by atoms with E-state index in [9.17, 15) is 0 Å². The summed E-state index contributed by atoms with van der Waals surface area (Å²) in [7, 11) is 0. The Kier molecular flexibility index (Phi) is 8.11. The van der Waals surface area contributed by atoms with Gasteiger partial charge in [-0.05, 0) is 75.7 Å². The second-order valence-corrected chi connectivity index (χ2v) is 8.56. The molecule has 0 unspecified atom stereocenters. The predicted octanol–water partition coefficient (Wildman–Crippen LogP) is 7.91. The Hall–Kier alpha value is -2.28. The Morgan fingerprint density at radius 3 is 2.54 bits per heavy atom. The molecule has 1 aromatic carbocycles. The van der Waals surface area contributed by atoms with E-state index in [0.717, 1.165) is 5.75 Å². The molecule has 0 spiro atoms. The van der Waals surface area contributed by atoms with Crippen LogP contribution in [0.2, 0.25) is 0 Å². The monoisotopic (exact) mass is 376 g/mol. The van der Waals surface area contributed by atoms with Gasteiger partial charge in [-0.1, -0.05) is 79.1 Å². The fourth-order valence-corrected chi connectivity index (χ4v) is 3.68. The lowest BCUT2D eigenvalue weighted by Crippen LogP contribution is -2.19. The van der Waals surface area contributed by atoms with Crippen LogP contribution in [0.1, 0.15) is 59.4 Å². The van der Waals surface area contributed by atoms with E-state index >= 15 is 0 Å². The lowest BCUT2D eigenvalue weighted by Gasteiger charge is -2.32. The van der Waals surface area contributed by atoms with Crippen molar-refractivity contribution in [2.45, 2.75) is 60.8 Å².